The Balaban J connectivity index is -0.000000320. The van der Waals surface area contributed by atoms with Crippen molar-refractivity contribution in [3.05, 3.63) is 0 Å². The summed E-state index contributed by atoms with van der Waals surface area (Å²) >= 11 is -2.75. The van der Waals surface area contributed by atoms with Crippen LogP contribution in [0.5, 0.6) is 0 Å². The van der Waals surface area contributed by atoms with Crippen molar-refractivity contribution in [3.63, 3.8) is 0 Å². The molecular weight excluding hydrogens is 194 g/mol. The Morgan fingerprint density at radius 3 is 2.00 bits per heavy atom. The van der Waals surface area contributed by atoms with Gasteiger partial charge in [0.05, 0.1) is 0 Å². The van der Waals surface area contributed by atoms with Gasteiger partial charge in [-0.1, -0.05) is 0 Å². The van der Waals surface area contributed by atoms with Crippen molar-refractivity contribution in [2.45, 2.75) is 11.9 Å². The molecule has 0 rings (SSSR count). The molecule has 8 heteroatoms. The molecule has 0 aromatic carbocycles. The van der Waals surface area contributed by atoms with Crippen molar-refractivity contribution < 1.29 is 82.9 Å². The van der Waals surface area contributed by atoms with E-state index in [1.165, 1.54) is 0 Å². The van der Waals surface area contributed by atoms with Crippen LogP contribution in [-0.4, -0.2) is 25.3 Å². The molecule has 54 valence electrons. The molecule has 0 amide bonds. The van der Waals surface area contributed by atoms with Gasteiger partial charge >= 0.3 is 59.1 Å². The largest absolute Gasteiger partial charge is 1.00 e. The predicted molar refractivity (Wildman–Crippen MR) is 24.6 cm³/mol. The first-order valence-corrected chi connectivity index (χ1v) is 3.14. The SMILES string of the molecule is O=C([O-])CC(O)S(=O)[O-].[Na+].[Na+]. The van der Waals surface area contributed by atoms with Gasteiger partial charge in [0.15, 0.2) is 0 Å². The summed E-state index contributed by atoms with van der Waals surface area (Å²) in [4.78, 5) is 9.57. The van der Waals surface area contributed by atoms with E-state index < -0.39 is 28.9 Å². The second kappa shape index (κ2) is 9.63. The molecule has 0 saturated carbocycles. The van der Waals surface area contributed by atoms with Gasteiger partial charge in [0, 0.05) is 12.4 Å². The van der Waals surface area contributed by atoms with Gasteiger partial charge in [0.25, 0.3) is 0 Å². The normalized spacial score (nSPS) is 13.6. The number of rotatable bonds is 3. The van der Waals surface area contributed by atoms with E-state index in [4.69, 9.17) is 5.11 Å². The zero-order valence-corrected chi connectivity index (χ0v) is 11.1. The zero-order valence-electron chi connectivity index (χ0n) is 6.27. The molecule has 11 heavy (non-hydrogen) atoms. The van der Waals surface area contributed by atoms with Crippen LogP contribution in [0.25, 0.3) is 0 Å². The van der Waals surface area contributed by atoms with Crippen molar-refractivity contribution in [3.8, 4) is 0 Å². The minimum atomic E-state index is -2.75. The van der Waals surface area contributed by atoms with Crippen LogP contribution in [0, 0.1) is 0 Å². The van der Waals surface area contributed by atoms with Crippen molar-refractivity contribution >= 4 is 17.0 Å². The summed E-state index contributed by atoms with van der Waals surface area (Å²) in [6.07, 6.45) is -0.879. The van der Waals surface area contributed by atoms with E-state index in [2.05, 4.69) is 0 Å². The van der Waals surface area contributed by atoms with Crippen LogP contribution in [0.3, 0.4) is 0 Å². The second-order valence-corrected chi connectivity index (χ2v) is 2.36. The molecule has 0 aromatic rings. The smallest absolute Gasteiger partial charge is 0.770 e. The van der Waals surface area contributed by atoms with Crippen LogP contribution in [0.15, 0.2) is 0 Å². The molecule has 0 aliphatic heterocycles. The zero-order chi connectivity index (χ0) is 7.44. The third kappa shape index (κ3) is 11.5. The molecule has 2 atom stereocenters. The maximum atomic E-state index is 9.69. The maximum absolute atomic E-state index is 9.69. The summed E-state index contributed by atoms with van der Waals surface area (Å²) in [5.74, 6) is -1.59. The molecule has 0 fully saturated rings. The van der Waals surface area contributed by atoms with Crippen molar-refractivity contribution in [1.82, 2.24) is 0 Å². The van der Waals surface area contributed by atoms with E-state index in [1.54, 1.807) is 0 Å². The Hall–Kier alpha value is 1.54. The quantitative estimate of drug-likeness (QED) is 0.358. The summed E-state index contributed by atoms with van der Waals surface area (Å²) in [5, 5.41) is 17.8. The van der Waals surface area contributed by atoms with Gasteiger partial charge in [-0.25, -0.2) is 0 Å². The number of aliphatic carboxylic acids is 1. The Morgan fingerprint density at radius 1 is 1.55 bits per heavy atom. The fraction of sp³-hybridized carbons (Fsp3) is 0.667. The number of carbonyl (C=O) groups is 1. The van der Waals surface area contributed by atoms with E-state index in [0.29, 0.717) is 0 Å². The van der Waals surface area contributed by atoms with Gasteiger partial charge in [0.2, 0.25) is 0 Å². The second-order valence-electron chi connectivity index (χ2n) is 1.29. The van der Waals surface area contributed by atoms with Gasteiger partial charge in [-0.15, -0.1) is 0 Å². The van der Waals surface area contributed by atoms with Crippen LogP contribution in [-0.2, 0) is 15.9 Å². The van der Waals surface area contributed by atoms with Crippen LogP contribution < -0.4 is 64.2 Å². The first-order valence-electron chi connectivity index (χ1n) is 2.00. The molecule has 0 saturated heterocycles. The Bertz CT molecular complexity index is 140. The van der Waals surface area contributed by atoms with Crippen LogP contribution in [0.2, 0.25) is 0 Å². The average Bonchev–Trinajstić information content (AvgIpc) is 1.63. The van der Waals surface area contributed by atoms with E-state index >= 15 is 0 Å². The Morgan fingerprint density at radius 2 is 1.91 bits per heavy atom. The molecule has 2 unspecified atom stereocenters. The molecule has 0 radical (unpaired) electrons. The number of hydrogen-bond donors (Lipinski definition) is 1. The molecule has 0 bridgehead atoms. The van der Waals surface area contributed by atoms with Crippen molar-refractivity contribution in [1.29, 1.82) is 0 Å². The Labute approximate surface area is 110 Å². The topological polar surface area (TPSA) is 100 Å². The minimum Gasteiger partial charge on any atom is -0.770 e. The molecular formula is C3H4Na2O5S. The predicted octanol–water partition coefficient (Wildman–Crippen LogP) is -8.67. The number of aliphatic hydroxyl groups excluding tert-OH is 1. The van der Waals surface area contributed by atoms with Crippen molar-refractivity contribution in [2.75, 3.05) is 0 Å². The standard InChI is InChI=1S/C3H6O5S.2Na/c4-2(5)1-3(6)9(7)8;;/h3,6H,1H2,(H,4,5)(H,7,8);;/q;2*+1/p-2. The van der Waals surface area contributed by atoms with Crippen LogP contribution in [0.1, 0.15) is 6.42 Å². The molecule has 1 N–H and O–H groups in total. The van der Waals surface area contributed by atoms with E-state index in [0.717, 1.165) is 0 Å². The molecule has 5 nitrogen and oxygen atoms in total. The molecule has 0 heterocycles. The maximum Gasteiger partial charge on any atom is 1.00 e. The van der Waals surface area contributed by atoms with Gasteiger partial charge < -0.3 is 19.6 Å². The van der Waals surface area contributed by atoms with Gasteiger partial charge in [-0.3, -0.25) is 4.21 Å². The molecule has 0 spiro atoms. The number of aliphatic hydroxyl groups is 1. The number of carboxylic acids is 1. The molecule has 0 aliphatic carbocycles. The Kier molecular flexibility index (Phi) is 16.1. The summed E-state index contributed by atoms with van der Waals surface area (Å²) in [5.41, 5.74) is -1.85. The first kappa shape index (κ1) is 18.3. The third-order valence-electron chi connectivity index (χ3n) is 0.563. The van der Waals surface area contributed by atoms with Crippen LogP contribution in [0.4, 0.5) is 0 Å². The molecule has 0 aromatic heterocycles. The summed E-state index contributed by atoms with van der Waals surface area (Å²) in [6.45, 7) is 0. The van der Waals surface area contributed by atoms with Gasteiger partial charge in [0.1, 0.15) is 5.44 Å². The average molecular weight is 198 g/mol. The summed E-state index contributed by atoms with van der Waals surface area (Å²) in [6, 6.07) is 0. The van der Waals surface area contributed by atoms with Gasteiger partial charge in [-0.05, 0) is 11.1 Å². The monoisotopic (exact) mass is 198 g/mol. The number of carbonyl (C=O) groups excluding carboxylic acids is 1. The van der Waals surface area contributed by atoms with Crippen molar-refractivity contribution in [2.24, 2.45) is 0 Å². The fourth-order valence-corrected chi connectivity index (χ4v) is 0.483. The number of hydrogen-bond acceptors (Lipinski definition) is 5. The summed E-state index contributed by atoms with van der Waals surface area (Å²) in [7, 11) is 0. The minimum absolute atomic E-state index is 0. The van der Waals surface area contributed by atoms with E-state index in [-0.39, 0.29) is 59.1 Å². The van der Waals surface area contributed by atoms with E-state index in [1.807, 2.05) is 0 Å². The van der Waals surface area contributed by atoms with Gasteiger partial charge in [-0.2, -0.15) is 0 Å². The third-order valence-corrected chi connectivity index (χ3v) is 1.17. The van der Waals surface area contributed by atoms with E-state index in [9.17, 15) is 18.7 Å². The summed E-state index contributed by atoms with van der Waals surface area (Å²) < 4.78 is 19.4. The van der Waals surface area contributed by atoms with Crippen LogP contribution >= 0.6 is 0 Å². The first-order chi connectivity index (χ1) is 4.04. The number of carboxylic acid groups (broad SMARTS) is 1. The fourth-order valence-electron chi connectivity index (χ4n) is 0.211. The molecule has 0 aliphatic rings.